The van der Waals surface area contributed by atoms with E-state index >= 15 is 0 Å². The molecule has 2 saturated heterocycles. The number of hydrogen-bond donors (Lipinski definition) is 0. The van der Waals surface area contributed by atoms with Crippen molar-refractivity contribution in [3.8, 4) is 0 Å². The molecule has 2 fully saturated rings. The summed E-state index contributed by atoms with van der Waals surface area (Å²) < 4.78 is 52.2. The Morgan fingerprint density at radius 2 is 0.704 bits per heavy atom. The summed E-state index contributed by atoms with van der Waals surface area (Å²) in [7, 11) is 0. The summed E-state index contributed by atoms with van der Waals surface area (Å²) in [6, 6.07) is 49.3. The van der Waals surface area contributed by atoms with Crippen molar-refractivity contribution >= 4 is 35.8 Å². The van der Waals surface area contributed by atoms with Gasteiger partial charge in [-0.15, -0.1) is 0 Å². The number of esters is 6. The fraction of sp³-hybridized carbons (Fsp3) is 0.182. The molecule has 358 valence electrons. The first-order chi connectivity index (χ1) is 34.7. The molecule has 0 radical (unpaired) electrons. The summed E-state index contributed by atoms with van der Waals surface area (Å²) in [6.07, 6.45) is -5.78. The molecule has 2 aliphatic heterocycles. The second-order valence-electron chi connectivity index (χ2n) is 16.3. The van der Waals surface area contributed by atoms with Gasteiger partial charge in [0.25, 0.3) is 0 Å². The summed E-state index contributed by atoms with van der Waals surface area (Å²) in [5.41, 5.74) is 1.31. The van der Waals surface area contributed by atoms with Crippen LogP contribution in [0.1, 0.15) is 74.6 Å². The summed E-state index contributed by atoms with van der Waals surface area (Å²) in [4.78, 5) is 81.9. The number of aromatic nitrogens is 2. The summed E-state index contributed by atoms with van der Waals surface area (Å²) in [5, 5.41) is 0. The maximum Gasteiger partial charge on any atom is 0.338 e. The Hall–Kier alpha value is -8.73. The zero-order valence-corrected chi connectivity index (χ0v) is 37.7. The van der Waals surface area contributed by atoms with Crippen molar-refractivity contribution in [2.75, 3.05) is 13.2 Å². The molecule has 71 heavy (non-hydrogen) atoms. The number of rotatable bonds is 16. The largest absolute Gasteiger partial charge is 0.459 e. The molecule has 0 bridgehead atoms. The standard InChI is InChI=1S/C55H45N2O14/c58-50(36-19-7-1-8-20-36)64-33-42-44(68-52(60)38-23-11-3-12-24-38)46(70-54(62)40-27-15-5-16-28-40)48(66-42)56-31-32-57(35-56)49-47(71-55(63)41-29-17-6-18-30-41)45(69-53(61)39-25-13-4-14-26-39)43(67-49)34-65-51(59)37-21-9-2-10-22-37/h1-32,35,42-49H,33-34H2/q+1/t42-,43-,44-,45-,46-,47-,48-,49-/m1/s1. The van der Waals surface area contributed by atoms with E-state index in [4.69, 9.17) is 37.9 Å². The third-order valence-electron chi connectivity index (χ3n) is 11.6. The molecule has 6 aromatic carbocycles. The molecular weight excluding hydrogens is 913 g/mol. The van der Waals surface area contributed by atoms with Crippen molar-refractivity contribution in [3.63, 3.8) is 0 Å². The highest BCUT2D eigenvalue weighted by molar-refractivity contribution is 5.92. The molecule has 9 rings (SSSR count). The van der Waals surface area contributed by atoms with Gasteiger partial charge in [0.05, 0.1) is 33.4 Å². The first-order valence-corrected chi connectivity index (χ1v) is 22.6. The van der Waals surface area contributed by atoms with Crippen LogP contribution in [0.15, 0.2) is 201 Å². The van der Waals surface area contributed by atoms with Crippen molar-refractivity contribution in [1.29, 1.82) is 0 Å². The molecule has 8 atom stereocenters. The lowest BCUT2D eigenvalue weighted by atomic mass is 10.1. The smallest absolute Gasteiger partial charge is 0.338 e. The lowest BCUT2D eigenvalue weighted by Crippen LogP contribution is -2.48. The second kappa shape index (κ2) is 22.1. The second-order valence-corrected chi connectivity index (χ2v) is 16.3. The Morgan fingerprint density at radius 1 is 0.394 bits per heavy atom. The summed E-state index contributed by atoms with van der Waals surface area (Å²) >= 11 is 0. The highest BCUT2D eigenvalue weighted by Crippen LogP contribution is 2.37. The van der Waals surface area contributed by atoms with Crippen LogP contribution in [0.25, 0.3) is 0 Å². The normalized spacial score (nSPS) is 21.3. The van der Waals surface area contributed by atoms with Gasteiger partial charge in [-0.05, 0) is 72.8 Å². The van der Waals surface area contributed by atoms with Gasteiger partial charge in [-0.2, -0.15) is 0 Å². The van der Waals surface area contributed by atoms with Crippen LogP contribution in [0.4, 0.5) is 0 Å². The van der Waals surface area contributed by atoms with Crippen LogP contribution in [0, 0.1) is 0 Å². The van der Waals surface area contributed by atoms with Crippen LogP contribution in [-0.4, -0.2) is 90.2 Å². The van der Waals surface area contributed by atoms with Crippen LogP contribution >= 0.6 is 0 Å². The van der Waals surface area contributed by atoms with E-state index in [0.29, 0.717) is 0 Å². The van der Waals surface area contributed by atoms with E-state index in [2.05, 4.69) is 0 Å². The maximum atomic E-state index is 13.9. The number of imidazole rings is 1. The molecule has 2 aliphatic rings. The van der Waals surface area contributed by atoms with Gasteiger partial charge in [0, 0.05) is 0 Å². The van der Waals surface area contributed by atoms with Gasteiger partial charge < -0.3 is 37.9 Å². The third-order valence-corrected chi connectivity index (χ3v) is 11.6. The van der Waals surface area contributed by atoms with Gasteiger partial charge in [-0.25, -0.2) is 37.9 Å². The van der Waals surface area contributed by atoms with Crippen molar-refractivity contribution in [2.24, 2.45) is 0 Å². The fourth-order valence-electron chi connectivity index (χ4n) is 8.08. The van der Waals surface area contributed by atoms with E-state index in [9.17, 15) is 28.8 Å². The Labute approximate surface area is 406 Å². The number of nitrogens with zero attached hydrogens (tertiary/aromatic N) is 2. The average molecular weight is 958 g/mol. The van der Waals surface area contributed by atoms with Crippen LogP contribution < -0.4 is 4.57 Å². The Bertz CT molecular complexity index is 2740. The fourth-order valence-corrected chi connectivity index (χ4v) is 8.08. The number of ether oxygens (including phenoxy) is 8. The van der Waals surface area contributed by atoms with Gasteiger partial charge in [-0.1, -0.05) is 109 Å². The third kappa shape index (κ3) is 11.3. The highest BCUT2D eigenvalue weighted by atomic mass is 16.7. The van der Waals surface area contributed by atoms with E-state index < -0.39 is 98.1 Å². The first kappa shape index (κ1) is 47.3. The molecule has 0 spiro atoms. The number of hydrogen-bond acceptors (Lipinski definition) is 14. The molecule has 3 heterocycles. The monoisotopic (exact) mass is 957 g/mol. The Balaban J connectivity index is 1.07. The molecule has 0 saturated carbocycles. The Kier molecular flexibility index (Phi) is 14.8. The number of carbonyl (C=O) groups is 6. The van der Waals surface area contributed by atoms with Gasteiger partial charge in [0.1, 0.15) is 37.8 Å². The Morgan fingerprint density at radius 3 is 1.08 bits per heavy atom. The molecular formula is C55H45N2O14+. The maximum absolute atomic E-state index is 13.9. The first-order valence-electron chi connectivity index (χ1n) is 22.6. The van der Waals surface area contributed by atoms with Crippen molar-refractivity contribution in [3.05, 3.63) is 234 Å². The molecule has 0 amide bonds. The van der Waals surface area contributed by atoms with Crippen LogP contribution in [0.5, 0.6) is 0 Å². The quantitative estimate of drug-likeness (QED) is 0.0539. The minimum atomic E-state index is -1.38. The minimum Gasteiger partial charge on any atom is -0.459 e. The molecule has 0 N–H and O–H groups in total. The van der Waals surface area contributed by atoms with E-state index in [1.165, 1.54) is 15.5 Å². The highest BCUT2D eigenvalue weighted by Gasteiger charge is 2.56. The molecule has 16 heteroatoms. The average Bonchev–Trinajstić information content (AvgIpc) is 4.14. The van der Waals surface area contributed by atoms with Crippen molar-refractivity contribution in [2.45, 2.75) is 49.1 Å². The summed E-state index contributed by atoms with van der Waals surface area (Å²) in [5.74, 6) is -4.42. The molecule has 1 aromatic heterocycles. The minimum absolute atomic E-state index is 0.193. The zero-order valence-electron chi connectivity index (χ0n) is 37.7. The van der Waals surface area contributed by atoms with E-state index in [1.807, 2.05) is 0 Å². The van der Waals surface area contributed by atoms with Crippen molar-refractivity contribution < 1.29 is 71.2 Å². The van der Waals surface area contributed by atoms with Crippen LogP contribution in [0.2, 0.25) is 0 Å². The SMILES string of the molecule is O=C(OC[C@H]1O[C@@H](n2cc[n+]([C@@H]3O[C@H](COC(=O)c4ccccc4)[C@@H](OC(=O)c4ccccc4)[C@H]3OC(=O)c3ccccc3)c2)[C@H](OC(=O)c2ccccc2)[C@@H]1OC(=O)c1ccccc1)c1ccccc1. The van der Waals surface area contributed by atoms with E-state index in [0.717, 1.165) is 0 Å². The van der Waals surface area contributed by atoms with Crippen LogP contribution in [-0.2, 0) is 37.9 Å². The molecule has 0 unspecified atom stereocenters. The van der Waals surface area contributed by atoms with Crippen molar-refractivity contribution in [1.82, 2.24) is 4.57 Å². The van der Waals surface area contributed by atoms with E-state index in [-0.39, 0.29) is 33.4 Å². The van der Waals surface area contributed by atoms with Gasteiger partial charge >= 0.3 is 35.8 Å². The number of benzene rings is 6. The summed E-state index contributed by atoms with van der Waals surface area (Å²) in [6.45, 7) is -0.864. The van der Waals surface area contributed by atoms with Gasteiger partial charge in [0.15, 0.2) is 12.2 Å². The lowest BCUT2D eigenvalue weighted by Gasteiger charge is -2.23. The molecule has 7 aromatic rings. The van der Waals surface area contributed by atoms with Gasteiger partial charge in [-0.3, -0.25) is 0 Å². The van der Waals surface area contributed by atoms with E-state index in [1.54, 1.807) is 194 Å². The predicted molar refractivity (Wildman–Crippen MR) is 248 cm³/mol. The molecule has 16 nitrogen and oxygen atoms in total. The zero-order chi connectivity index (χ0) is 49.1. The van der Waals surface area contributed by atoms with Crippen LogP contribution in [0.3, 0.4) is 0 Å². The topological polar surface area (TPSA) is 185 Å². The van der Waals surface area contributed by atoms with Gasteiger partial charge in [0.2, 0.25) is 31.0 Å². The molecule has 0 aliphatic carbocycles. The lowest BCUT2D eigenvalue weighted by molar-refractivity contribution is -0.765. The number of carbonyl (C=O) groups excluding carboxylic acids is 6. The predicted octanol–water partition coefficient (Wildman–Crippen LogP) is 7.19.